The molecule has 0 aromatic carbocycles. The summed E-state index contributed by atoms with van der Waals surface area (Å²) < 4.78 is 27.4. The van der Waals surface area contributed by atoms with E-state index in [1.807, 2.05) is 0 Å². The smallest absolute Gasteiger partial charge is 0.305 e. The van der Waals surface area contributed by atoms with Crippen LogP contribution in [-0.4, -0.2) is 32.6 Å². The molecule has 5 heteroatoms. The number of halogens is 2. The number of methoxy groups -OCH3 is 1. The minimum atomic E-state index is -2.33. The van der Waals surface area contributed by atoms with Gasteiger partial charge in [0.1, 0.15) is 0 Å². The van der Waals surface area contributed by atoms with Crippen LogP contribution in [0.1, 0.15) is 12.8 Å². The largest absolute Gasteiger partial charge is 0.469 e. The fraction of sp³-hybridized carbons (Fsp3) is 0.857. The monoisotopic (exact) mass is 181 g/mol. The molecule has 0 rings (SSSR count). The Morgan fingerprint density at radius 2 is 2.25 bits per heavy atom. The first-order valence-electron chi connectivity index (χ1n) is 3.72. The van der Waals surface area contributed by atoms with E-state index in [1.165, 1.54) is 7.11 Å². The van der Waals surface area contributed by atoms with Crippen LogP contribution in [0.5, 0.6) is 0 Å². The minimum absolute atomic E-state index is 0.271. The summed E-state index contributed by atoms with van der Waals surface area (Å²) in [5.74, 6) is -0.311. The van der Waals surface area contributed by atoms with E-state index in [9.17, 15) is 13.6 Å². The van der Waals surface area contributed by atoms with Gasteiger partial charge < -0.3 is 10.1 Å². The number of alkyl halides is 2. The first kappa shape index (κ1) is 11.3. The Hall–Kier alpha value is -0.710. The maximum Gasteiger partial charge on any atom is 0.305 e. The minimum Gasteiger partial charge on any atom is -0.469 e. The number of esters is 1. The zero-order valence-corrected chi connectivity index (χ0v) is 6.98. The van der Waals surface area contributed by atoms with Crippen molar-refractivity contribution in [2.75, 3.05) is 20.2 Å². The highest BCUT2D eigenvalue weighted by molar-refractivity contribution is 5.68. The van der Waals surface area contributed by atoms with Gasteiger partial charge in [-0.25, -0.2) is 8.78 Å². The van der Waals surface area contributed by atoms with Crippen molar-refractivity contribution in [1.29, 1.82) is 0 Å². The third-order valence-corrected chi connectivity index (χ3v) is 1.26. The summed E-state index contributed by atoms with van der Waals surface area (Å²) in [6, 6.07) is 0. The van der Waals surface area contributed by atoms with Gasteiger partial charge in [-0.3, -0.25) is 4.79 Å². The van der Waals surface area contributed by atoms with E-state index in [0.717, 1.165) is 0 Å². The number of ether oxygens (including phenoxy) is 1. The highest BCUT2D eigenvalue weighted by Gasteiger charge is 2.01. The fourth-order valence-electron chi connectivity index (χ4n) is 0.671. The molecule has 3 nitrogen and oxygen atoms in total. The van der Waals surface area contributed by atoms with Crippen LogP contribution in [0, 0.1) is 0 Å². The standard InChI is InChI=1S/C7H13F2NO2/c1-12-7(11)3-2-4-10-5-6(8)9/h6,10H,2-5H2,1H3. The van der Waals surface area contributed by atoms with Gasteiger partial charge in [-0.1, -0.05) is 0 Å². The van der Waals surface area contributed by atoms with E-state index in [-0.39, 0.29) is 18.9 Å². The van der Waals surface area contributed by atoms with E-state index in [2.05, 4.69) is 10.1 Å². The van der Waals surface area contributed by atoms with Gasteiger partial charge in [-0.05, 0) is 13.0 Å². The summed E-state index contributed by atoms with van der Waals surface area (Å²) >= 11 is 0. The molecule has 0 aliphatic heterocycles. The van der Waals surface area contributed by atoms with Crippen LogP contribution in [0.25, 0.3) is 0 Å². The molecule has 0 heterocycles. The van der Waals surface area contributed by atoms with E-state index >= 15 is 0 Å². The van der Waals surface area contributed by atoms with Gasteiger partial charge in [-0.2, -0.15) is 0 Å². The van der Waals surface area contributed by atoms with Crippen molar-refractivity contribution in [2.24, 2.45) is 0 Å². The molecule has 0 bridgehead atoms. The van der Waals surface area contributed by atoms with Crippen LogP contribution in [-0.2, 0) is 9.53 Å². The van der Waals surface area contributed by atoms with Gasteiger partial charge >= 0.3 is 5.97 Å². The Morgan fingerprint density at radius 3 is 2.75 bits per heavy atom. The molecule has 0 aliphatic carbocycles. The van der Waals surface area contributed by atoms with Gasteiger partial charge in [0.25, 0.3) is 6.43 Å². The molecule has 1 N–H and O–H groups in total. The lowest BCUT2D eigenvalue weighted by molar-refractivity contribution is -0.140. The lowest BCUT2D eigenvalue weighted by atomic mass is 10.3. The predicted molar refractivity (Wildman–Crippen MR) is 40.1 cm³/mol. The number of hydrogen-bond acceptors (Lipinski definition) is 3. The molecular formula is C7H13F2NO2. The van der Waals surface area contributed by atoms with Crippen molar-refractivity contribution < 1.29 is 18.3 Å². The van der Waals surface area contributed by atoms with Crippen LogP contribution in [0.15, 0.2) is 0 Å². The summed E-state index contributed by atoms with van der Waals surface area (Å²) in [6.45, 7) is 0.0978. The summed E-state index contributed by atoms with van der Waals surface area (Å²) in [5.41, 5.74) is 0. The third kappa shape index (κ3) is 7.40. The molecule has 0 fully saturated rings. The second kappa shape index (κ2) is 6.97. The zero-order valence-electron chi connectivity index (χ0n) is 6.98. The molecule has 0 amide bonds. The second-order valence-electron chi connectivity index (χ2n) is 2.27. The molecule has 0 radical (unpaired) electrons. The number of carbonyl (C=O) groups excluding carboxylic acids is 1. The predicted octanol–water partition coefficient (Wildman–Crippen LogP) is 0.794. The summed E-state index contributed by atoms with van der Waals surface area (Å²) in [4.78, 5) is 10.5. The Morgan fingerprint density at radius 1 is 1.58 bits per heavy atom. The van der Waals surface area contributed by atoms with Gasteiger partial charge in [-0.15, -0.1) is 0 Å². The summed E-state index contributed by atoms with van der Waals surface area (Å²) in [5, 5.41) is 2.51. The maximum atomic E-state index is 11.5. The van der Waals surface area contributed by atoms with Crippen LogP contribution >= 0.6 is 0 Å². The van der Waals surface area contributed by atoms with Gasteiger partial charge in [0, 0.05) is 6.42 Å². The number of nitrogens with one attached hydrogen (secondary N) is 1. The van der Waals surface area contributed by atoms with Gasteiger partial charge in [0.15, 0.2) is 0 Å². The van der Waals surface area contributed by atoms with E-state index in [0.29, 0.717) is 13.0 Å². The Kier molecular flexibility index (Phi) is 6.55. The molecule has 0 unspecified atom stereocenters. The lowest BCUT2D eigenvalue weighted by Crippen LogP contribution is -2.22. The van der Waals surface area contributed by atoms with Crippen molar-refractivity contribution in [1.82, 2.24) is 5.32 Å². The highest BCUT2D eigenvalue weighted by atomic mass is 19.3. The number of rotatable bonds is 6. The average molecular weight is 181 g/mol. The van der Waals surface area contributed by atoms with Crippen LogP contribution in [0.3, 0.4) is 0 Å². The van der Waals surface area contributed by atoms with Gasteiger partial charge in [0.2, 0.25) is 0 Å². The zero-order chi connectivity index (χ0) is 9.40. The van der Waals surface area contributed by atoms with Gasteiger partial charge in [0.05, 0.1) is 13.7 Å². The SMILES string of the molecule is COC(=O)CCCNCC(F)F. The maximum absolute atomic E-state index is 11.5. The molecule has 0 atom stereocenters. The first-order valence-corrected chi connectivity index (χ1v) is 3.72. The normalized spacial score (nSPS) is 10.3. The molecule has 0 aliphatic rings. The average Bonchev–Trinajstić information content (AvgIpc) is 2.03. The van der Waals surface area contributed by atoms with Crippen molar-refractivity contribution in [3.8, 4) is 0 Å². The number of hydrogen-bond donors (Lipinski definition) is 1. The van der Waals surface area contributed by atoms with Crippen molar-refractivity contribution >= 4 is 5.97 Å². The summed E-state index contributed by atoms with van der Waals surface area (Å²) in [7, 11) is 1.30. The second-order valence-corrected chi connectivity index (χ2v) is 2.27. The molecule has 0 spiro atoms. The first-order chi connectivity index (χ1) is 5.66. The Balaban J connectivity index is 3.05. The Bertz CT molecular complexity index is 131. The van der Waals surface area contributed by atoms with Crippen LogP contribution in [0.4, 0.5) is 8.78 Å². The molecule has 72 valence electrons. The molecular weight excluding hydrogens is 168 g/mol. The third-order valence-electron chi connectivity index (χ3n) is 1.26. The fourth-order valence-corrected chi connectivity index (χ4v) is 0.671. The number of carbonyl (C=O) groups is 1. The molecule has 0 aromatic rings. The lowest BCUT2D eigenvalue weighted by Gasteiger charge is -2.02. The van der Waals surface area contributed by atoms with E-state index in [4.69, 9.17) is 0 Å². The molecule has 0 saturated carbocycles. The Labute approximate surface area is 70.1 Å². The van der Waals surface area contributed by atoms with Crippen molar-refractivity contribution in [2.45, 2.75) is 19.3 Å². The molecule has 12 heavy (non-hydrogen) atoms. The van der Waals surface area contributed by atoms with E-state index < -0.39 is 6.43 Å². The van der Waals surface area contributed by atoms with Crippen LogP contribution < -0.4 is 5.32 Å². The van der Waals surface area contributed by atoms with Crippen LogP contribution in [0.2, 0.25) is 0 Å². The highest BCUT2D eigenvalue weighted by Crippen LogP contribution is 1.91. The van der Waals surface area contributed by atoms with Crippen molar-refractivity contribution in [3.05, 3.63) is 0 Å². The quantitative estimate of drug-likeness (QED) is 0.486. The molecule has 0 saturated heterocycles. The molecule has 0 aromatic heterocycles. The van der Waals surface area contributed by atoms with Crippen molar-refractivity contribution in [3.63, 3.8) is 0 Å². The summed E-state index contributed by atoms with van der Waals surface area (Å²) in [6.07, 6.45) is -1.53. The topological polar surface area (TPSA) is 38.3 Å². The van der Waals surface area contributed by atoms with E-state index in [1.54, 1.807) is 0 Å².